The number of carbonyl (C=O) groups excluding carboxylic acids is 2. The molecule has 2 atom stereocenters. The lowest BCUT2D eigenvalue weighted by atomic mass is 9.99. The van der Waals surface area contributed by atoms with Gasteiger partial charge in [-0.3, -0.25) is 9.59 Å². The predicted octanol–water partition coefficient (Wildman–Crippen LogP) is 1.87. The molecule has 1 fully saturated rings. The van der Waals surface area contributed by atoms with E-state index >= 15 is 0 Å². The number of nitrogens with one attached hydrogen (secondary N) is 1. The molecule has 23 heavy (non-hydrogen) atoms. The summed E-state index contributed by atoms with van der Waals surface area (Å²) in [4.78, 5) is 26.3. The molecule has 1 aromatic rings. The van der Waals surface area contributed by atoms with Crippen molar-refractivity contribution < 1.29 is 14.7 Å². The SMILES string of the molecule is CCCC(NC(=O)C(=O)N1CCCC(CO)C1)c1ccccc1. The Balaban J connectivity index is 1.99. The fourth-order valence-electron chi connectivity index (χ4n) is 3.06. The van der Waals surface area contributed by atoms with Crippen molar-refractivity contribution in [3.63, 3.8) is 0 Å². The van der Waals surface area contributed by atoms with Crippen molar-refractivity contribution in [1.29, 1.82) is 0 Å². The van der Waals surface area contributed by atoms with Crippen molar-refractivity contribution in [2.45, 2.75) is 38.6 Å². The van der Waals surface area contributed by atoms with Crippen molar-refractivity contribution in [3.8, 4) is 0 Å². The van der Waals surface area contributed by atoms with E-state index in [9.17, 15) is 14.7 Å². The number of aliphatic hydroxyl groups excluding tert-OH is 1. The smallest absolute Gasteiger partial charge is 0.311 e. The largest absolute Gasteiger partial charge is 0.396 e. The van der Waals surface area contributed by atoms with Gasteiger partial charge in [0.25, 0.3) is 0 Å². The summed E-state index contributed by atoms with van der Waals surface area (Å²) in [5.74, 6) is -0.952. The Morgan fingerprint density at radius 1 is 1.35 bits per heavy atom. The van der Waals surface area contributed by atoms with Crippen LogP contribution < -0.4 is 5.32 Å². The average molecular weight is 318 g/mol. The molecule has 0 aromatic heterocycles. The van der Waals surface area contributed by atoms with Crippen LogP contribution in [0.3, 0.4) is 0 Å². The lowest BCUT2D eigenvalue weighted by Crippen LogP contribution is -2.48. The first kappa shape index (κ1) is 17.5. The van der Waals surface area contributed by atoms with E-state index in [4.69, 9.17) is 0 Å². The number of carbonyl (C=O) groups is 2. The third-order valence-corrected chi connectivity index (χ3v) is 4.34. The zero-order valence-corrected chi connectivity index (χ0v) is 13.7. The van der Waals surface area contributed by atoms with Gasteiger partial charge in [0.2, 0.25) is 0 Å². The number of amides is 2. The molecule has 1 aromatic carbocycles. The first-order valence-electron chi connectivity index (χ1n) is 8.41. The molecule has 1 aliphatic rings. The highest BCUT2D eigenvalue weighted by molar-refractivity contribution is 6.35. The van der Waals surface area contributed by atoms with Crippen LogP contribution in [0.5, 0.6) is 0 Å². The molecule has 126 valence electrons. The standard InChI is InChI=1S/C18H26N2O3/c1-2-7-16(15-9-4-3-5-10-15)19-17(22)18(23)20-11-6-8-14(12-20)13-21/h3-5,9-10,14,16,21H,2,6-8,11-13H2,1H3,(H,19,22). The number of nitrogens with zero attached hydrogens (tertiary/aromatic N) is 1. The van der Waals surface area contributed by atoms with Gasteiger partial charge in [0.05, 0.1) is 6.04 Å². The molecule has 0 saturated carbocycles. The lowest BCUT2D eigenvalue weighted by molar-refractivity contribution is -0.147. The monoisotopic (exact) mass is 318 g/mol. The number of rotatable bonds is 5. The molecule has 1 heterocycles. The number of aliphatic hydroxyl groups is 1. The molecule has 1 aliphatic heterocycles. The minimum Gasteiger partial charge on any atom is -0.396 e. The van der Waals surface area contributed by atoms with E-state index < -0.39 is 11.8 Å². The molecule has 2 amide bonds. The van der Waals surface area contributed by atoms with Crippen LogP contribution in [-0.4, -0.2) is 41.5 Å². The molecule has 2 rings (SSSR count). The topological polar surface area (TPSA) is 69.6 Å². The van der Waals surface area contributed by atoms with Gasteiger partial charge in [-0.1, -0.05) is 43.7 Å². The van der Waals surface area contributed by atoms with Crippen LogP contribution in [0, 0.1) is 5.92 Å². The van der Waals surface area contributed by atoms with E-state index in [1.165, 1.54) is 0 Å². The van der Waals surface area contributed by atoms with Gasteiger partial charge in [-0.15, -0.1) is 0 Å². The minimum atomic E-state index is -0.550. The minimum absolute atomic E-state index is 0.0634. The molecule has 2 unspecified atom stereocenters. The van der Waals surface area contributed by atoms with Crippen LogP contribution in [0.1, 0.15) is 44.2 Å². The Kier molecular flexibility index (Phi) is 6.59. The van der Waals surface area contributed by atoms with Crippen LogP contribution in [0.2, 0.25) is 0 Å². The van der Waals surface area contributed by atoms with E-state index in [1.807, 2.05) is 30.3 Å². The highest BCUT2D eigenvalue weighted by atomic mass is 16.3. The highest BCUT2D eigenvalue weighted by Gasteiger charge is 2.28. The van der Waals surface area contributed by atoms with Crippen molar-refractivity contribution >= 4 is 11.8 Å². The summed E-state index contributed by atoms with van der Waals surface area (Å²) in [5.41, 5.74) is 1.02. The molecule has 0 radical (unpaired) electrons. The number of piperidine rings is 1. The number of likely N-dealkylation sites (tertiary alicyclic amines) is 1. The van der Waals surface area contributed by atoms with E-state index in [0.29, 0.717) is 13.1 Å². The second-order valence-electron chi connectivity index (χ2n) is 6.17. The van der Waals surface area contributed by atoms with Crippen LogP contribution in [0.15, 0.2) is 30.3 Å². The summed E-state index contributed by atoms with van der Waals surface area (Å²) in [5, 5.41) is 12.1. The van der Waals surface area contributed by atoms with E-state index in [2.05, 4.69) is 12.2 Å². The Morgan fingerprint density at radius 3 is 2.74 bits per heavy atom. The summed E-state index contributed by atoms with van der Waals surface area (Å²) < 4.78 is 0. The Hall–Kier alpha value is -1.88. The molecule has 0 bridgehead atoms. The molecular weight excluding hydrogens is 292 g/mol. The number of benzene rings is 1. The van der Waals surface area contributed by atoms with Crippen molar-refractivity contribution in [1.82, 2.24) is 10.2 Å². The molecule has 5 heteroatoms. The zero-order chi connectivity index (χ0) is 16.7. The maximum Gasteiger partial charge on any atom is 0.311 e. The normalized spacial score (nSPS) is 19.2. The molecule has 0 aliphatic carbocycles. The molecular formula is C18H26N2O3. The third-order valence-electron chi connectivity index (χ3n) is 4.34. The summed E-state index contributed by atoms with van der Waals surface area (Å²) in [6.07, 6.45) is 3.46. The summed E-state index contributed by atoms with van der Waals surface area (Å²) >= 11 is 0. The van der Waals surface area contributed by atoms with Gasteiger partial charge in [0, 0.05) is 19.7 Å². The number of hydrogen-bond acceptors (Lipinski definition) is 3. The third kappa shape index (κ3) is 4.79. The first-order valence-corrected chi connectivity index (χ1v) is 8.41. The molecule has 5 nitrogen and oxygen atoms in total. The maximum absolute atomic E-state index is 12.4. The summed E-state index contributed by atoms with van der Waals surface area (Å²) in [6, 6.07) is 9.59. The van der Waals surface area contributed by atoms with Crippen molar-refractivity contribution in [2.75, 3.05) is 19.7 Å². The van der Waals surface area contributed by atoms with Gasteiger partial charge in [0.15, 0.2) is 0 Å². The zero-order valence-electron chi connectivity index (χ0n) is 13.7. The lowest BCUT2D eigenvalue weighted by Gasteiger charge is -2.31. The van der Waals surface area contributed by atoms with Crippen LogP contribution in [0.25, 0.3) is 0 Å². The maximum atomic E-state index is 12.4. The van der Waals surface area contributed by atoms with E-state index in [0.717, 1.165) is 31.2 Å². The molecule has 2 N–H and O–H groups in total. The highest BCUT2D eigenvalue weighted by Crippen LogP contribution is 2.19. The molecule has 0 spiro atoms. The van der Waals surface area contributed by atoms with E-state index in [1.54, 1.807) is 4.90 Å². The molecule has 1 saturated heterocycles. The van der Waals surface area contributed by atoms with Gasteiger partial charge in [-0.25, -0.2) is 0 Å². The predicted molar refractivity (Wildman–Crippen MR) is 88.6 cm³/mol. The summed E-state index contributed by atoms with van der Waals surface area (Å²) in [6.45, 7) is 3.17. The first-order chi connectivity index (χ1) is 11.2. The van der Waals surface area contributed by atoms with Gasteiger partial charge >= 0.3 is 11.8 Å². The quantitative estimate of drug-likeness (QED) is 0.814. The average Bonchev–Trinajstić information content (AvgIpc) is 2.61. The van der Waals surface area contributed by atoms with Gasteiger partial charge < -0.3 is 15.3 Å². The second kappa shape index (κ2) is 8.67. The van der Waals surface area contributed by atoms with E-state index in [-0.39, 0.29) is 18.6 Å². The van der Waals surface area contributed by atoms with Crippen LogP contribution >= 0.6 is 0 Å². The second-order valence-corrected chi connectivity index (χ2v) is 6.17. The number of hydrogen-bond donors (Lipinski definition) is 2. The fraction of sp³-hybridized carbons (Fsp3) is 0.556. The van der Waals surface area contributed by atoms with Crippen molar-refractivity contribution in [2.24, 2.45) is 5.92 Å². The van der Waals surface area contributed by atoms with Crippen molar-refractivity contribution in [3.05, 3.63) is 35.9 Å². The Labute approximate surface area is 137 Å². The summed E-state index contributed by atoms with van der Waals surface area (Å²) in [7, 11) is 0. The Morgan fingerprint density at radius 2 is 2.09 bits per heavy atom. The van der Waals surface area contributed by atoms with Gasteiger partial charge in [-0.05, 0) is 30.7 Å². The fourth-order valence-corrected chi connectivity index (χ4v) is 3.06. The Bertz CT molecular complexity index is 518. The van der Waals surface area contributed by atoms with Gasteiger partial charge in [-0.2, -0.15) is 0 Å². The van der Waals surface area contributed by atoms with Crippen LogP contribution in [0.4, 0.5) is 0 Å². The van der Waals surface area contributed by atoms with Crippen LogP contribution in [-0.2, 0) is 9.59 Å². The van der Waals surface area contributed by atoms with Gasteiger partial charge in [0.1, 0.15) is 0 Å².